The van der Waals surface area contributed by atoms with Crippen LogP contribution in [0.15, 0.2) is 71.1 Å². The van der Waals surface area contributed by atoms with Gasteiger partial charge in [-0.25, -0.2) is 4.99 Å². The van der Waals surface area contributed by atoms with Crippen molar-refractivity contribution in [1.29, 1.82) is 0 Å². The zero-order chi connectivity index (χ0) is 14.2. The van der Waals surface area contributed by atoms with E-state index in [1.807, 2.05) is 30.3 Å². The number of rotatable bonds is 2. The number of nitrogens with zero attached hydrogens (tertiary/aromatic N) is 1. The van der Waals surface area contributed by atoms with Crippen LogP contribution < -0.4 is 0 Å². The average molecular weight is 279 g/mol. The van der Waals surface area contributed by atoms with Crippen LogP contribution in [0.2, 0.25) is 0 Å². The van der Waals surface area contributed by atoms with E-state index >= 15 is 0 Å². The Morgan fingerprint density at radius 1 is 1.00 bits per heavy atom. The fraction of sp³-hybridized carbons (Fsp3) is 0.167. The lowest BCUT2D eigenvalue weighted by Gasteiger charge is -2.42. The quantitative estimate of drug-likeness (QED) is 0.732. The lowest BCUT2D eigenvalue weighted by molar-refractivity contribution is 0.794. The van der Waals surface area contributed by atoms with Gasteiger partial charge in [-0.1, -0.05) is 66.4 Å². The molecule has 1 unspecified atom stereocenters. The summed E-state index contributed by atoms with van der Waals surface area (Å²) in [7, 11) is 0. The van der Waals surface area contributed by atoms with Gasteiger partial charge < -0.3 is 0 Å². The van der Waals surface area contributed by atoms with Crippen LogP contribution in [0.5, 0.6) is 0 Å². The maximum atomic E-state index is 4.79. The van der Waals surface area contributed by atoms with Crippen molar-refractivity contribution in [1.82, 2.24) is 0 Å². The summed E-state index contributed by atoms with van der Waals surface area (Å²) >= 11 is 1.68. The first-order chi connectivity index (χ1) is 9.60. The molecule has 0 bridgehead atoms. The highest BCUT2D eigenvalue weighted by Crippen LogP contribution is 2.53. The smallest absolute Gasteiger partial charge is 0.0935 e. The lowest BCUT2D eigenvalue weighted by Crippen LogP contribution is -2.40. The van der Waals surface area contributed by atoms with Crippen molar-refractivity contribution in [3.05, 3.63) is 77.2 Å². The highest BCUT2D eigenvalue weighted by atomic mass is 32.2. The Kier molecular flexibility index (Phi) is 3.27. The van der Waals surface area contributed by atoms with Crippen LogP contribution >= 0.6 is 11.8 Å². The van der Waals surface area contributed by atoms with E-state index in [2.05, 4.69) is 44.7 Å². The van der Waals surface area contributed by atoms with Gasteiger partial charge in [-0.3, -0.25) is 0 Å². The zero-order valence-electron chi connectivity index (χ0n) is 11.8. The maximum Gasteiger partial charge on any atom is 0.0935 e. The van der Waals surface area contributed by atoms with E-state index in [-0.39, 0.29) is 5.41 Å². The second kappa shape index (κ2) is 4.95. The molecule has 100 valence electrons. The molecule has 2 aromatic rings. The number of aryl methyl sites for hydroxylation is 1. The van der Waals surface area contributed by atoms with Crippen molar-refractivity contribution in [2.24, 2.45) is 4.99 Å². The number of para-hydroxylation sites is 1. The van der Waals surface area contributed by atoms with E-state index in [1.54, 1.807) is 11.8 Å². The first-order valence-electron chi connectivity index (χ1n) is 6.69. The predicted molar refractivity (Wildman–Crippen MR) is 88.8 cm³/mol. The summed E-state index contributed by atoms with van der Waals surface area (Å²) in [5, 5.41) is 1.12. The Morgan fingerprint density at radius 3 is 2.25 bits per heavy atom. The summed E-state index contributed by atoms with van der Waals surface area (Å²) in [6.07, 6.45) is 0. The van der Waals surface area contributed by atoms with Gasteiger partial charge in [0.25, 0.3) is 0 Å². The molecule has 1 fully saturated rings. The predicted octanol–water partition coefficient (Wildman–Crippen LogP) is 5.24. The number of aliphatic imine (C=N–C) groups is 1. The van der Waals surface area contributed by atoms with Gasteiger partial charge in [0.05, 0.1) is 16.1 Å². The summed E-state index contributed by atoms with van der Waals surface area (Å²) in [6.45, 7) is 8.50. The minimum Gasteiger partial charge on any atom is -0.245 e. The molecule has 1 aliphatic heterocycles. The number of thioether (sulfide) groups is 1. The van der Waals surface area contributed by atoms with Crippen LogP contribution in [0, 0.1) is 6.92 Å². The van der Waals surface area contributed by atoms with Gasteiger partial charge in [-0.05, 0) is 31.5 Å². The molecule has 1 atom stereocenters. The van der Waals surface area contributed by atoms with Crippen LogP contribution in [0.3, 0.4) is 0 Å². The summed E-state index contributed by atoms with van der Waals surface area (Å²) in [6, 6.07) is 18.8. The molecule has 2 heteroatoms. The topological polar surface area (TPSA) is 12.4 Å². The summed E-state index contributed by atoms with van der Waals surface area (Å²) in [5.41, 5.74) is 3.40. The summed E-state index contributed by atoms with van der Waals surface area (Å²) in [5.74, 6) is 0. The Hall–Kier alpha value is -1.80. The second-order valence-electron chi connectivity index (χ2n) is 5.27. The van der Waals surface area contributed by atoms with E-state index in [4.69, 9.17) is 4.99 Å². The van der Waals surface area contributed by atoms with E-state index in [1.165, 1.54) is 11.1 Å². The maximum absolute atomic E-state index is 4.79. The van der Waals surface area contributed by atoms with Crippen molar-refractivity contribution in [3.8, 4) is 0 Å². The Bertz CT molecular complexity index is 670. The SMILES string of the molecule is C=C1SC(=Nc2ccccc2)C1(C)c1ccc(C)cc1. The van der Waals surface area contributed by atoms with Crippen molar-refractivity contribution in [3.63, 3.8) is 0 Å². The normalized spacial score (nSPS) is 23.7. The average Bonchev–Trinajstić information content (AvgIpc) is 2.48. The fourth-order valence-corrected chi connectivity index (χ4v) is 3.41. The van der Waals surface area contributed by atoms with Gasteiger partial charge in [0.2, 0.25) is 0 Å². The fourth-order valence-electron chi connectivity index (χ4n) is 2.32. The van der Waals surface area contributed by atoms with Gasteiger partial charge >= 0.3 is 0 Å². The van der Waals surface area contributed by atoms with E-state index in [0.717, 1.165) is 15.6 Å². The highest BCUT2D eigenvalue weighted by molar-refractivity contribution is 8.20. The highest BCUT2D eigenvalue weighted by Gasteiger charge is 2.45. The Balaban J connectivity index is 2.00. The third-order valence-electron chi connectivity index (χ3n) is 3.82. The van der Waals surface area contributed by atoms with Gasteiger partial charge in [0.1, 0.15) is 0 Å². The van der Waals surface area contributed by atoms with Gasteiger partial charge in [-0.2, -0.15) is 0 Å². The molecule has 1 nitrogen and oxygen atoms in total. The van der Waals surface area contributed by atoms with Crippen LogP contribution in [-0.4, -0.2) is 5.04 Å². The molecular formula is C18H17NS. The first-order valence-corrected chi connectivity index (χ1v) is 7.51. The summed E-state index contributed by atoms with van der Waals surface area (Å²) in [4.78, 5) is 5.95. The van der Waals surface area contributed by atoms with Gasteiger partial charge in [0, 0.05) is 4.91 Å². The molecule has 0 saturated carbocycles. The molecular weight excluding hydrogens is 262 g/mol. The van der Waals surface area contributed by atoms with Crippen LogP contribution in [0.25, 0.3) is 0 Å². The molecule has 0 aliphatic carbocycles. The second-order valence-corrected chi connectivity index (χ2v) is 6.35. The van der Waals surface area contributed by atoms with Crippen LogP contribution in [0.4, 0.5) is 5.69 Å². The molecule has 1 heterocycles. The molecule has 0 radical (unpaired) electrons. The van der Waals surface area contributed by atoms with E-state index < -0.39 is 0 Å². The third-order valence-corrected chi connectivity index (χ3v) is 5.17. The minimum absolute atomic E-state index is 0.145. The van der Waals surface area contributed by atoms with Crippen molar-refractivity contribution in [2.45, 2.75) is 19.3 Å². The zero-order valence-corrected chi connectivity index (χ0v) is 12.6. The third kappa shape index (κ3) is 2.10. The van der Waals surface area contributed by atoms with Crippen molar-refractivity contribution in [2.75, 3.05) is 0 Å². The molecule has 0 spiro atoms. The Morgan fingerprint density at radius 2 is 1.65 bits per heavy atom. The standard InChI is InChI=1S/C18H17NS/c1-13-9-11-15(12-10-13)18(3)14(2)20-17(18)19-16-7-5-4-6-8-16/h4-12H,2H2,1,3H3. The number of hydrogen-bond donors (Lipinski definition) is 0. The van der Waals surface area contributed by atoms with Gasteiger partial charge in [-0.15, -0.1) is 0 Å². The van der Waals surface area contributed by atoms with E-state index in [0.29, 0.717) is 0 Å². The number of hydrogen-bond acceptors (Lipinski definition) is 2. The lowest BCUT2D eigenvalue weighted by atomic mass is 9.82. The molecule has 0 aromatic heterocycles. The molecule has 0 N–H and O–H groups in total. The first kappa shape index (κ1) is 13.2. The largest absolute Gasteiger partial charge is 0.245 e. The van der Waals surface area contributed by atoms with Crippen molar-refractivity contribution < 1.29 is 0 Å². The molecule has 1 saturated heterocycles. The molecule has 2 aromatic carbocycles. The monoisotopic (exact) mass is 279 g/mol. The van der Waals surface area contributed by atoms with Gasteiger partial charge in [0.15, 0.2) is 0 Å². The molecule has 3 rings (SSSR count). The Labute approximate surface area is 124 Å². The number of allylic oxidation sites excluding steroid dienone is 1. The number of benzene rings is 2. The van der Waals surface area contributed by atoms with Crippen LogP contribution in [0.1, 0.15) is 18.1 Å². The summed E-state index contributed by atoms with van der Waals surface area (Å²) < 4.78 is 0. The molecule has 0 amide bonds. The minimum atomic E-state index is -0.145. The van der Waals surface area contributed by atoms with Crippen molar-refractivity contribution >= 4 is 22.5 Å². The molecule has 20 heavy (non-hydrogen) atoms. The molecule has 1 aliphatic rings. The van der Waals surface area contributed by atoms with E-state index in [9.17, 15) is 0 Å². The van der Waals surface area contributed by atoms with Crippen LogP contribution in [-0.2, 0) is 5.41 Å².